The molecule has 0 amide bonds. The van der Waals surface area contributed by atoms with Crippen molar-refractivity contribution in [2.24, 2.45) is 0 Å². The van der Waals surface area contributed by atoms with Gasteiger partial charge in [0.25, 0.3) is 0 Å². The van der Waals surface area contributed by atoms with Gasteiger partial charge < -0.3 is 9.84 Å². The van der Waals surface area contributed by atoms with Gasteiger partial charge in [-0.25, -0.2) is 0 Å². The third-order valence-corrected chi connectivity index (χ3v) is 3.37. The second-order valence-corrected chi connectivity index (χ2v) is 4.95. The number of hydrogen-bond acceptors (Lipinski definition) is 4. The molecule has 78 valence electrons. The monoisotopic (exact) mass is 207 g/mol. The van der Waals surface area contributed by atoms with Gasteiger partial charge in [-0.2, -0.15) is 0 Å². The lowest BCUT2D eigenvalue weighted by Crippen LogP contribution is -2.42. The molecule has 0 aromatic carbocycles. The Morgan fingerprint density at radius 2 is 2.15 bits per heavy atom. The van der Waals surface area contributed by atoms with Gasteiger partial charge in [0.05, 0.1) is 12.7 Å². The van der Waals surface area contributed by atoms with Crippen LogP contribution >= 0.6 is 0 Å². The summed E-state index contributed by atoms with van der Waals surface area (Å²) in [7, 11) is 0.944. The van der Waals surface area contributed by atoms with Crippen molar-refractivity contribution in [3.05, 3.63) is 0 Å². The lowest BCUT2D eigenvalue weighted by atomic mass is 10.3. The Balaban J connectivity index is 2.18. The molecule has 5 heteroatoms. The van der Waals surface area contributed by atoms with Crippen LogP contribution in [0.3, 0.4) is 0 Å². The van der Waals surface area contributed by atoms with Crippen molar-refractivity contribution in [1.82, 2.24) is 4.90 Å². The minimum atomic E-state index is -0.634. The number of rotatable bonds is 4. The van der Waals surface area contributed by atoms with Gasteiger partial charge in [0.2, 0.25) is 0 Å². The predicted molar refractivity (Wildman–Crippen MR) is 52.2 cm³/mol. The average Bonchev–Trinajstić information content (AvgIpc) is 2.09. The smallest absolute Gasteiger partial charge is 0.0900 e. The normalized spacial score (nSPS) is 23.2. The van der Waals surface area contributed by atoms with Gasteiger partial charge in [0.15, 0.2) is 0 Å². The summed E-state index contributed by atoms with van der Waals surface area (Å²) in [5.74, 6) is 1.47. The van der Waals surface area contributed by atoms with E-state index in [1.807, 2.05) is 0 Å². The summed E-state index contributed by atoms with van der Waals surface area (Å²) < 4.78 is 15.8. The molecule has 0 aromatic rings. The van der Waals surface area contributed by atoms with Crippen LogP contribution < -0.4 is 0 Å². The molecule has 1 aliphatic heterocycles. The number of β-amino-alcohol motifs (C(OH)–C–C–N with tert-alkyl or cyclic N) is 1. The number of methoxy groups -OCH3 is 1. The minimum Gasteiger partial charge on any atom is -0.389 e. The van der Waals surface area contributed by atoms with Gasteiger partial charge in [-0.05, 0) is 0 Å². The van der Waals surface area contributed by atoms with Gasteiger partial charge in [-0.3, -0.25) is 9.11 Å². The summed E-state index contributed by atoms with van der Waals surface area (Å²) in [5, 5.41) is 9.42. The van der Waals surface area contributed by atoms with Crippen molar-refractivity contribution < 1.29 is 14.1 Å². The Labute approximate surface area is 81.3 Å². The highest BCUT2D eigenvalue weighted by Gasteiger charge is 2.17. The third-order valence-electron chi connectivity index (χ3n) is 2.10. The molecule has 0 bridgehead atoms. The first kappa shape index (κ1) is 11.1. The molecule has 1 heterocycles. The quantitative estimate of drug-likeness (QED) is 0.646. The van der Waals surface area contributed by atoms with E-state index in [2.05, 4.69) is 4.90 Å². The van der Waals surface area contributed by atoms with Crippen molar-refractivity contribution in [3.8, 4) is 0 Å². The second-order valence-electron chi connectivity index (χ2n) is 3.26. The molecule has 4 nitrogen and oxygen atoms in total. The molecule has 1 rings (SSSR count). The topological polar surface area (TPSA) is 49.8 Å². The van der Waals surface area contributed by atoms with E-state index in [0.717, 1.165) is 24.6 Å². The molecule has 1 saturated heterocycles. The molecule has 1 aliphatic rings. The molecule has 13 heavy (non-hydrogen) atoms. The van der Waals surface area contributed by atoms with Crippen molar-refractivity contribution in [2.75, 3.05) is 44.9 Å². The number of nitrogens with zero attached hydrogens (tertiary/aromatic N) is 1. The molecule has 0 aromatic heterocycles. The number of ether oxygens (including phenoxy) is 1. The van der Waals surface area contributed by atoms with E-state index in [1.165, 1.54) is 0 Å². The standard InChI is InChI=1S/C8H17NO3S/c1-12-7-8(10)6-9-2-4-13(11)5-3-9/h8,10H,2-7H2,1H3. The summed E-state index contributed by atoms with van der Waals surface area (Å²) in [6.07, 6.45) is -0.420. The Hall–Kier alpha value is 0.0300. The maximum absolute atomic E-state index is 11.0. The Morgan fingerprint density at radius 1 is 1.54 bits per heavy atom. The van der Waals surface area contributed by atoms with Gasteiger partial charge in [0.1, 0.15) is 0 Å². The first-order valence-electron chi connectivity index (χ1n) is 4.46. The van der Waals surface area contributed by atoms with Crippen LogP contribution in [0.4, 0.5) is 0 Å². The van der Waals surface area contributed by atoms with Crippen molar-refractivity contribution >= 4 is 10.8 Å². The molecular weight excluding hydrogens is 190 g/mol. The molecule has 0 aliphatic carbocycles. The zero-order valence-electron chi connectivity index (χ0n) is 7.94. The Morgan fingerprint density at radius 3 is 2.69 bits per heavy atom. The fourth-order valence-electron chi connectivity index (χ4n) is 1.40. The zero-order valence-corrected chi connectivity index (χ0v) is 8.76. The predicted octanol–water partition coefficient (Wildman–Crippen LogP) is -0.942. The van der Waals surface area contributed by atoms with E-state index in [9.17, 15) is 9.32 Å². The Bertz CT molecular complexity index is 167. The van der Waals surface area contributed by atoms with Crippen molar-refractivity contribution in [3.63, 3.8) is 0 Å². The molecular formula is C8H17NO3S. The highest BCUT2D eigenvalue weighted by Crippen LogP contribution is 2.01. The van der Waals surface area contributed by atoms with Crippen LogP contribution in [0.2, 0.25) is 0 Å². The molecule has 0 spiro atoms. The van der Waals surface area contributed by atoms with Gasteiger partial charge in [0, 0.05) is 49.0 Å². The summed E-state index contributed by atoms with van der Waals surface area (Å²) in [5.41, 5.74) is 0. The molecule has 1 N–H and O–H groups in total. The number of aliphatic hydroxyl groups is 1. The van der Waals surface area contributed by atoms with Gasteiger partial charge >= 0.3 is 0 Å². The average molecular weight is 207 g/mol. The second kappa shape index (κ2) is 5.70. The Kier molecular flexibility index (Phi) is 4.87. The molecule has 1 fully saturated rings. The zero-order chi connectivity index (χ0) is 9.68. The summed E-state index contributed by atoms with van der Waals surface area (Å²) in [4.78, 5) is 2.13. The first-order valence-corrected chi connectivity index (χ1v) is 5.95. The van der Waals surface area contributed by atoms with Crippen molar-refractivity contribution in [1.29, 1.82) is 0 Å². The summed E-state index contributed by atoms with van der Waals surface area (Å²) in [6, 6.07) is 0. The maximum atomic E-state index is 11.0. The van der Waals surface area contributed by atoms with E-state index >= 15 is 0 Å². The van der Waals surface area contributed by atoms with E-state index in [-0.39, 0.29) is 0 Å². The number of aliphatic hydroxyl groups excluding tert-OH is 1. The van der Waals surface area contributed by atoms with Crippen LogP contribution in [-0.2, 0) is 15.5 Å². The highest BCUT2D eigenvalue weighted by atomic mass is 32.2. The van der Waals surface area contributed by atoms with E-state index in [4.69, 9.17) is 4.74 Å². The number of hydrogen-bond donors (Lipinski definition) is 1. The van der Waals surface area contributed by atoms with Crippen LogP contribution in [0.5, 0.6) is 0 Å². The summed E-state index contributed by atoms with van der Waals surface area (Å²) in [6.45, 7) is 2.66. The maximum Gasteiger partial charge on any atom is 0.0900 e. The SMILES string of the molecule is COCC(O)CN1CCS(=O)CC1. The highest BCUT2D eigenvalue weighted by molar-refractivity contribution is 7.85. The lowest BCUT2D eigenvalue weighted by molar-refractivity contribution is 0.0398. The van der Waals surface area contributed by atoms with Crippen LogP contribution in [0, 0.1) is 0 Å². The lowest BCUT2D eigenvalue weighted by Gasteiger charge is -2.27. The van der Waals surface area contributed by atoms with Crippen molar-refractivity contribution in [2.45, 2.75) is 6.10 Å². The van der Waals surface area contributed by atoms with E-state index in [1.54, 1.807) is 7.11 Å². The fraction of sp³-hybridized carbons (Fsp3) is 1.00. The molecule has 0 radical (unpaired) electrons. The van der Waals surface area contributed by atoms with E-state index in [0.29, 0.717) is 13.2 Å². The fourth-order valence-corrected chi connectivity index (χ4v) is 2.53. The molecule has 0 saturated carbocycles. The van der Waals surface area contributed by atoms with Gasteiger partial charge in [-0.1, -0.05) is 0 Å². The minimum absolute atomic E-state index is 0.375. The summed E-state index contributed by atoms with van der Waals surface area (Å²) >= 11 is 0. The molecule has 1 unspecified atom stereocenters. The largest absolute Gasteiger partial charge is 0.389 e. The van der Waals surface area contributed by atoms with Gasteiger partial charge in [-0.15, -0.1) is 0 Å². The van der Waals surface area contributed by atoms with Crippen LogP contribution in [0.15, 0.2) is 0 Å². The first-order chi connectivity index (χ1) is 6.22. The van der Waals surface area contributed by atoms with E-state index < -0.39 is 16.9 Å². The van der Waals surface area contributed by atoms with Crippen LogP contribution in [0.1, 0.15) is 0 Å². The van der Waals surface area contributed by atoms with Crippen LogP contribution in [-0.4, -0.2) is 65.2 Å². The third kappa shape index (κ3) is 4.17. The molecule has 1 atom stereocenters. The van der Waals surface area contributed by atoms with Crippen LogP contribution in [0.25, 0.3) is 0 Å².